The van der Waals surface area contributed by atoms with Crippen molar-refractivity contribution in [1.82, 2.24) is 9.97 Å². The van der Waals surface area contributed by atoms with Crippen LogP contribution in [0.5, 0.6) is 11.5 Å². The number of nitrogens with one attached hydrogen (secondary N) is 2. The Kier molecular flexibility index (Phi) is 5.36. The first-order valence-electron chi connectivity index (χ1n) is 10.1. The molecule has 0 saturated carbocycles. The molecule has 3 aromatic carbocycles. The molecule has 2 heterocycles. The first-order chi connectivity index (χ1) is 16.5. The van der Waals surface area contributed by atoms with Crippen molar-refractivity contribution in [3.63, 3.8) is 0 Å². The number of anilines is 1. The normalized spacial score (nSPS) is 13.6. The number of non-ortho nitro benzene ring substituents is 1. The maximum absolute atomic E-state index is 12.9. The van der Waals surface area contributed by atoms with Gasteiger partial charge in [-0.05, 0) is 35.9 Å². The Labute approximate surface area is 191 Å². The molecule has 0 fully saturated rings. The number of ether oxygens (including phenoxy) is 2. The lowest BCUT2D eigenvalue weighted by atomic mass is 10.0. The van der Waals surface area contributed by atoms with Crippen LogP contribution in [0.1, 0.15) is 17.4 Å². The van der Waals surface area contributed by atoms with E-state index >= 15 is 0 Å². The number of fused-ring (bicyclic) bond motifs is 2. The molecule has 4 aromatic rings. The van der Waals surface area contributed by atoms with Crippen LogP contribution in [0.4, 0.5) is 11.4 Å². The van der Waals surface area contributed by atoms with Crippen LogP contribution in [0.25, 0.3) is 11.0 Å². The topological polar surface area (TPSA) is 152 Å². The summed E-state index contributed by atoms with van der Waals surface area (Å²) in [5, 5.41) is 26.6. The predicted octanol–water partition coefficient (Wildman–Crippen LogP) is 3.11. The highest BCUT2D eigenvalue weighted by molar-refractivity contribution is 6.03. The number of para-hydroxylation sites is 1. The molecule has 0 radical (unpaired) electrons. The highest BCUT2D eigenvalue weighted by atomic mass is 16.7. The fraction of sp³-hybridized carbons (Fsp3) is 0.0870. The van der Waals surface area contributed by atoms with Crippen LogP contribution < -0.4 is 20.5 Å². The summed E-state index contributed by atoms with van der Waals surface area (Å²) in [6.07, 6.45) is -1.35. The van der Waals surface area contributed by atoms with Gasteiger partial charge in [-0.15, -0.1) is 0 Å². The third kappa shape index (κ3) is 4.02. The second kappa shape index (κ2) is 8.64. The van der Waals surface area contributed by atoms with E-state index in [9.17, 15) is 20.0 Å². The molecule has 34 heavy (non-hydrogen) atoms. The van der Waals surface area contributed by atoms with Crippen molar-refractivity contribution in [1.29, 1.82) is 0 Å². The maximum Gasteiger partial charge on any atom is 0.276 e. The quantitative estimate of drug-likeness (QED) is 0.226. The molecule has 0 saturated heterocycles. The minimum Gasteiger partial charge on any atom is -0.454 e. The summed E-state index contributed by atoms with van der Waals surface area (Å²) < 4.78 is 10.7. The zero-order chi connectivity index (χ0) is 23.7. The Morgan fingerprint density at radius 1 is 1.12 bits per heavy atom. The molecule has 0 bridgehead atoms. The van der Waals surface area contributed by atoms with Crippen molar-refractivity contribution in [3.05, 3.63) is 98.5 Å². The molecule has 0 unspecified atom stereocenters. The predicted molar refractivity (Wildman–Crippen MR) is 123 cm³/mol. The Bertz CT molecular complexity index is 1480. The molecule has 1 aliphatic heterocycles. The Morgan fingerprint density at radius 2 is 1.91 bits per heavy atom. The third-order valence-corrected chi connectivity index (χ3v) is 5.18. The molecule has 5 rings (SSSR count). The van der Waals surface area contributed by atoms with E-state index in [-0.39, 0.29) is 29.4 Å². The summed E-state index contributed by atoms with van der Waals surface area (Å²) in [5.41, 5.74) is 3.32. The number of aliphatic hydroxyl groups is 1. The maximum atomic E-state index is 12.9. The number of aromatic nitrogens is 2. The standard InChI is InChI=1S/C23H17N5O6/c29-22(13-6-9-18-19(10-13)34-12-33-18)20(27-26-14-4-2-1-3-5-14)21-23(30)25-17-11-15(28(31)32)7-8-16(17)24-21/h1-11,22,26,29H,12H2,(H,25,30)/b27-20-/t22-/m0/s1. The zero-order valence-electron chi connectivity index (χ0n) is 17.5. The van der Waals surface area contributed by atoms with Crippen molar-refractivity contribution < 1.29 is 19.5 Å². The first kappa shape index (κ1) is 21.1. The van der Waals surface area contributed by atoms with Gasteiger partial charge in [0.2, 0.25) is 6.79 Å². The van der Waals surface area contributed by atoms with Crippen LogP contribution in [0, 0.1) is 10.1 Å². The molecule has 0 aliphatic carbocycles. The second-order valence-corrected chi connectivity index (χ2v) is 7.36. The number of H-pyrrole nitrogens is 1. The average molecular weight is 459 g/mol. The minimum absolute atomic E-state index is 0.0516. The van der Waals surface area contributed by atoms with Crippen molar-refractivity contribution >= 4 is 28.1 Å². The van der Waals surface area contributed by atoms with Gasteiger partial charge in [-0.3, -0.25) is 20.3 Å². The number of nitro benzene ring substituents is 1. The lowest BCUT2D eigenvalue weighted by Gasteiger charge is -2.15. The molecule has 11 heteroatoms. The van der Waals surface area contributed by atoms with Gasteiger partial charge in [0.1, 0.15) is 11.8 Å². The average Bonchev–Trinajstić information content (AvgIpc) is 3.32. The summed E-state index contributed by atoms with van der Waals surface area (Å²) in [6, 6.07) is 17.8. The van der Waals surface area contributed by atoms with Crippen LogP contribution in [0.15, 0.2) is 76.6 Å². The number of aliphatic hydroxyl groups excluding tert-OH is 1. The first-order valence-corrected chi connectivity index (χ1v) is 10.1. The summed E-state index contributed by atoms with van der Waals surface area (Å²) >= 11 is 0. The Hall–Kier alpha value is -4.77. The molecule has 0 spiro atoms. The van der Waals surface area contributed by atoms with E-state index in [1.807, 2.05) is 6.07 Å². The molecule has 11 nitrogen and oxygen atoms in total. The molecule has 1 atom stereocenters. The summed E-state index contributed by atoms with van der Waals surface area (Å²) in [5.74, 6) is 1.000. The number of hydrogen-bond donors (Lipinski definition) is 3. The molecule has 1 aromatic heterocycles. The van der Waals surface area contributed by atoms with Gasteiger partial charge in [0.15, 0.2) is 17.2 Å². The van der Waals surface area contributed by atoms with Crippen molar-refractivity contribution in [3.8, 4) is 11.5 Å². The van der Waals surface area contributed by atoms with Gasteiger partial charge in [-0.1, -0.05) is 24.3 Å². The van der Waals surface area contributed by atoms with Crippen molar-refractivity contribution in [2.45, 2.75) is 6.10 Å². The van der Waals surface area contributed by atoms with Gasteiger partial charge in [0.05, 0.1) is 21.6 Å². The molecule has 170 valence electrons. The van der Waals surface area contributed by atoms with Gasteiger partial charge < -0.3 is 19.6 Å². The van der Waals surface area contributed by atoms with Gasteiger partial charge in [-0.25, -0.2) is 4.98 Å². The fourth-order valence-electron chi connectivity index (χ4n) is 3.48. The van der Waals surface area contributed by atoms with Crippen molar-refractivity contribution in [2.75, 3.05) is 12.2 Å². The van der Waals surface area contributed by atoms with Crippen LogP contribution in [-0.2, 0) is 0 Å². The SMILES string of the molecule is O=c1[nH]c2cc([N+](=O)[O-])ccc2nc1/C(=N/Nc1ccccc1)[C@@H](O)c1ccc2c(c1)OCO2. The zero-order valence-corrected chi connectivity index (χ0v) is 17.5. The smallest absolute Gasteiger partial charge is 0.276 e. The highest BCUT2D eigenvalue weighted by Gasteiger charge is 2.25. The summed E-state index contributed by atoms with van der Waals surface area (Å²) in [4.78, 5) is 30.4. The van der Waals surface area contributed by atoms with Crippen LogP contribution in [0.2, 0.25) is 0 Å². The van der Waals surface area contributed by atoms with Gasteiger partial charge in [0.25, 0.3) is 11.2 Å². The van der Waals surface area contributed by atoms with Crippen LogP contribution >= 0.6 is 0 Å². The van der Waals surface area contributed by atoms with E-state index in [4.69, 9.17) is 9.47 Å². The van der Waals surface area contributed by atoms with Crippen LogP contribution in [0.3, 0.4) is 0 Å². The molecular formula is C23H17N5O6. The van der Waals surface area contributed by atoms with E-state index in [0.29, 0.717) is 28.3 Å². The number of benzene rings is 3. The van der Waals surface area contributed by atoms with E-state index in [1.54, 1.807) is 42.5 Å². The van der Waals surface area contributed by atoms with Crippen molar-refractivity contribution in [2.24, 2.45) is 5.10 Å². The van der Waals surface area contributed by atoms with Gasteiger partial charge in [0, 0.05) is 12.1 Å². The number of hydrogen-bond acceptors (Lipinski definition) is 9. The Balaban J connectivity index is 1.61. The third-order valence-electron chi connectivity index (χ3n) is 5.18. The number of hydrazone groups is 1. The number of nitrogens with zero attached hydrogens (tertiary/aromatic N) is 3. The highest BCUT2D eigenvalue weighted by Crippen LogP contribution is 2.35. The fourth-order valence-corrected chi connectivity index (χ4v) is 3.48. The lowest BCUT2D eigenvalue weighted by molar-refractivity contribution is -0.384. The summed E-state index contributed by atoms with van der Waals surface area (Å²) in [6.45, 7) is 0.0728. The summed E-state index contributed by atoms with van der Waals surface area (Å²) in [7, 11) is 0. The number of nitro groups is 1. The van der Waals surface area contributed by atoms with Gasteiger partial charge >= 0.3 is 0 Å². The molecule has 1 aliphatic rings. The monoisotopic (exact) mass is 459 g/mol. The lowest BCUT2D eigenvalue weighted by Crippen LogP contribution is -2.26. The van der Waals surface area contributed by atoms with Crippen LogP contribution in [-0.4, -0.2) is 32.5 Å². The van der Waals surface area contributed by atoms with E-state index in [1.165, 1.54) is 18.2 Å². The molecule has 3 N–H and O–H groups in total. The second-order valence-electron chi connectivity index (χ2n) is 7.36. The number of rotatable bonds is 6. The molecular weight excluding hydrogens is 442 g/mol. The van der Waals surface area contributed by atoms with E-state index < -0.39 is 16.6 Å². The molecule has 0 amide bonds. The number of aromatic amines is 1. The largest absolute Gasteiger partial charge is 0.454 e. The Morgan fingerprint density at radius 3 is 2.71 bits per heavy atom. The van der Waals surface area contributed by atoms with E-state index in [0.717, 1.165) is 0 Å². The van der Waals surface area contributed by atoms with Gasteiger partial charge in [-0.2, -0.15) is 5.10 Å². The van der Waals surface area contributed by atoms with E-state index in [2.05, 4.69) is 20.5 Å². The minimum atomic E-state index is -1.35.